The molecular formula is C8H9N3OS. The van der Waals surface area contributed by atoms with E-state index in [2.05, 4.69) is 15.3 Å². The Bertz CT molecular complexity index is 293. The third kappa shape index (κ3) is 1.87. The van der Waals surface area contributed by atoms with Crippen molar-refractivity contribution in [2.24, 2.45) is 0 Å². The lowest BCUT2D eigenvalue weighted by molar-refractivity contribution is -0.109. The van der Waals surface area contributed by atoms with Gasteiger partial charge in [0.1, 0.15) is 12.6 Å². The first-order valence-corrected chi connectivity index (χ1v) is 5.04. The highest BCUT2D eigenvalue weighted by Gasteiger charge is 2.25. The molecule has 0 aromatic carbocycles. The number of aldehydes is 1. The van der Waals surface area contributed by atoms with Crippen molar-refractivity contribution in [3.63, 3.8) is 0 Å². The van der Waals surface area contributed by atoms with Crippen LogP contribution in [0.3, 0.4) is 0 Å². The molecule has 2 rings (SSSR count). The zero-order valence-corrected chi connectivity index (χ0v) is 7.70. The molecule has 0 saturated carbocycles. The van der Waals surface area contributed by atoms with Gasteiger partial charge < -0.3 is 4.79 Å². The van der Waals surface area contributed by atoms with Gasteiger partial charge in [0.25, 0.3) is 0 Å². The van der Waals surface area contributed by atoms with Crippen molar-refractivity contribution in [1.29, 1.82) is 0 Å². The number of hydrogen-bond acceptors (Lipinski definition) is 5. The van der Waals surface area contributed by atoms with Crippen molar-refractivity contribution in [1.82, 2.24) is 15.3 Å². The summed E-state index contributed by atoms with van der Waals surface area (Å²) in [7, 11) is 0. The van der Waals surface area contributed by atoms with Crippen LogP contribution in [0.1, 0.15) is 11.1 Å². The van der Waals surface area contributed by atoms with Gasteiger partial charge in [0.15, 0.2) is 0 Å². The van der Waals surface area contributed by atoms with Crippen LogP contribution < -0.4 is 5.32 Å². The Morgan fingerprint density at radius 3 is 3.23 bits per heavy atom. The topological polar surface area (TPSA) is 54.9 Å². The van der Waals surface area contributed by atoms with E-state index < -0.39 is 0 Å². The average Bonchev–Trinajstić information content (AvgIpc) is 2.67. The number of carbonyl (C=O) groups excluding carboxylic acids is 1. The number of thioether (sulfide) groups is 1. The minimum Gasteiger partial charge on any atom is -0.302 e. The predicted octanol–water partition coefficient (Wildman–Crippen LogP) is 0.379. The standard InChI is InChI=1S/C8H9N3OS/c12-3-6-4-13-8(11-6)7-1-2-9-5-10-7/h1-3,5-6,8,11H,4H2. The van der Waals surface area contributed by atoms with Gasteiger partial charge in [-0.2, -0.15) is 0 Å². The Hall–Kier alpha value is -0.940. The molecule has 1 N–H and O–H groups in total. The molecule has 0 spiro atoms. The molecule has 1 aromatic heterocycles. The van der Waals surface area contributed by atoms with E-state index in [9.17, 15) is 4.79 Å². The first kappa shape index (κ1) is 8.65. The van der Waals surface area contributed by atoms with E-state index >= 15 is 0 Å². The van der Waals surface area contributed by atoms with Crippen molar-refractivity contribution in [3.05, 3.63) is 24.3 Å². The second-order valence-corrected chi connectivity index (χ2v) is 3.89. The molecule has 0 aliphatic carbocycles. The fraction of sp³-hybridized carbons (Fsp3) is 0.375. The number of hydrogen-bond donors (Lipinski definition) is 1. The molecule has 2 heterocycles. The van der Waals surface area contributed by atoms with Gasteiger partial charge in [-0.15, -0.1) is 11.8 Å². The summed E-state index contributed by atoms with van der Waals surface area (Å²) in [6.45, 7) is 0. The van der Waals surface area contributed by atoms with Crippen molar-refractivity contribution in [2.75, 3.05) is 5.75 Å². The van der Waals surface area contributed by atoms with E-state index in [-0.39, 0.29) is 11.4 Å². The van der Waals surface area contributed by atoms with E-state index in [1.807, 2.05) is 6.07 Å². The number of nitrogens with zero attached hydrogens (tertiary/aromatic N) is 2. The van der Waals surface area contributed by atoms with Crippen molar-refractivity contribution < 1.29 is 4.79 Å². The van der Waals surface area contributed by atoms with Gasteiger partial charge in [-0.1, -0.05) is 0 Å². The minimum absolute atomic E-state index is 0.0371. The highest BCUT2D eigenvalue weighted by atomic mass is 32.2. The lowest BCUT2D eigenvalue weighted by atomic mass is 10.3. The molecule has 5 heteroatoms. The summed E-state index contributed by atoms with van der Waals surface area (Å²) in [5.74, 6) is 0.818. The Balaban J connectivity index is 2.08. The molecule has 1 saturated heterocycles. The van der Waals surface area contributed by atoms with Crippen LogP contribution in [0.2, 0.25) is 0 Å². The Morgan fingerprint density at radius 1 is 1.69 bits per heavy atom. The van der Waals surface area contributed by atoms with Crippen LogP contribution in [0, 0.1) is 0 Å². The van der Waals surface area contributed by atoms with E-state index in [0.717, 1.165) is 17.7 Å². The van der Waals surface area contributed by atoms with E-state index in [4.69, 9.17) is 0 Å². The molecule has 1 aliphatic rings. The summed E-state index contributed by atoms with van der Waals surface area (Å²) < 4.78 is 0. The van der Waals surface area contributed by atoms with Gasteiger partial charge >= 0.3 is 0 Å². The fourth-order valence-electron chi connectivity index (χ4n) is 1.20. The first-order chi connectivity index (χ1) is 6.40. The van der Waals surface area contributed by atoms with Gasteiger partial charge in [0.05, 0.1) is 17.1 Å². The van der Waals surface area contributed by atoms with E-state index in [1.165, 1.54) is 6.33 Å². The predicted molar refractivity (Wildman–Crippen MR) is 50.2 cm³/mol. The number of nitrogens with one attached hydrogen (secondary N) is 1. The zero-order valence-electron chi connectivity index (χ0n) is 6.88. The third-order valence-corrected chi connectivity index (χ3v) is 3.11. The van der Waals surface area contributed by atoms with Crippen LogP contribution in [-0.2, 0) is 4.79 Å². The van der Waals surface area contributed by atoms with Gasteiger partial charge in [-0.3, -0.25) is 5.32 Å². The van der Waals surface area contributed by atoms with Crippen LogP contribution in [0.25, 0.3) is 0 Å². The highest BCUT2D eigenvalue weighted by Crippen LogP contribution is 2.30. The average molecular weight is 195 g/mol. The molecule has 0 bridgehead atoms. The molecule has 2 unspecified atom stereocenters. The molecular weight excluding hydrogens is 186 g/mol. The van der Waals surface area contributed by atoms with Crippen LogP contribution in [0.5, 0.6) is 0 Å². The maximum atomic E-state index is 10.5. The van der Waals surface area contributed by atoms with Gasteiger partial charge in [0.2, 0.25) is 0 Å². The normalized spacial score (nSPS) is 27.4. The van der Waals surface area contributed by atoms with Crippen molar-refractivity contribution in [2.45, 2.75) is 11.4 Å². The largest absolute Gasteiger partial charge is 0.302 e. The summed E-state index contributed by atoms with van der Waals surface area (Å²) in [6, 6.07) is 1.82. The van der Waals surface area contributed by atoms with Gasteiger partial charge in [-0.25, -0.2) is 9.97 Å². The molecule has 1 aliphatic heterocycles. The second kappa shape index (κ2) is 3.85. The zero-order chi connectivity index (χ0) is 9.10. The fourth-order valence-corrected chi connectivity index (χ4v) is 2.35. The summed E-state index contributed by atoms with van der Waals surface area (Å²) in [5.41, 5.74) is 0.935. The summed E-state index contributed by atoms with van der Waals surface area (Å²) >= 11 is 1.70. The maximum Gasteiger partial charge on any atom is 0.137 e. The highest BCUT2D eigenvalue weighted by molar-refractivity contribution is 7.99. The Labute approximate surface area is 80.2 Å². The molecule has 13 heavy (non-hydrogen) atoms. The van der Waals surface area contributed by atoms with Crippen LogP contribution in [-0.4, -0.2) is 28.0 Å². The molecule has 4 nitrogen and oxygen atoms in total. The third-order valence-electron chi connectivity index (χ3n) is 1.85. The molecule has 1 fully saturated rings. The Kier molecular flexibility index (Phi) is 2.56. The van der Waals surface area contributed by atoms with Crippen LogP contribution in [0.4, 0.5) is 0 Å². The lowest BCUT2D eigenvalue weighted by Crippen LogP contribution is -2.27. The SMILES string of the molecule is O=CC1CSC(c2ccncn2)N1. The number of carbonyl (C=O) groups is 1. The monoisotopic (exact) mass is 195 g/mol. The molecule has 68 valence electrons. The number of rotatable bonds is 2. The molecule has 1 aromatic rings. The molecule has 0 amide bonds. The maximum absolute atomic E-state index is 10.5. The van der Waals surface area contributed by atoms with E-state index in [1.54, 1.807) is 18.0 Å². The molecule has 2 atom stereocenters. The van der Waals surface area contributed by atoms with Crippen molar-refractivity contribution >= 4 is 18.0 Å². The van der Waals surface area contributed by atoms with Gasteiger partial charge in [0, 0.05) is 11.9 Å². The Morgan fingerprint density at radius 2 is 2.62 bits per heavy atom. The minimum atomic E-state index is -0.0371. The first-order valence-electron chi connectivity index (χ1n) is 3.99. The molecule has 0 radical (unpaired) electrons. The van der Waals surface area contributed by atoms with Crippen LogP contribution in [0.15, 0.2) is 18.6 Å². The van der Waals surface area contributed by atoms with Gasteiger partial charge in [-0.05, 0) is 6.07 Å². The number of aromatic nitrogens is 2. The summed E-state index contributed by atoms with van der Waals surface area (Å²) in [5, 5.41) is 3.30. The lowest BCUT2D eigenvalue weighted by Gasteiger charge is -2.08. The summed E-state index contributed by atoms with van der Waals surface area (Å²) in [6.07, 6.45) is 4.17. The quantitative estimate of drug-likeness (QED) is 0.691. The van der Waals surface area contributed by atoms with Crippen LogP contribution >= 0.6 is 11.8 Å². The summed E-state index contributed by atoms with van der Waals surface area (Å²) in [4.78, 5) is 18.4. The second-order valence-electron chi connectivity index (χ2n) is 2.76. The van der Waals surface area contributed by atoms with Crippen molar-refractivity contribution in [3.8, 4) is 0 Å². The smallest absolute Gasteiger partial charge is 0.137 e. The van der Waals surface area contributed by atoms with E-state index in [0.29, 0.717) is 0 Å².